The smallest absolute Gasteiger partial charge is 0.270 e. The van der Waals surface area contributed by atoms with Crippen molar-refractivity contribution in [1.82, 2.24) is 14.7 Å². The fraction of sp³-hybridized carbons (Fsp3) is 0.400. The van der Waals surface area contributed by atoms with Crippen LogP contribution in [0.15, 0.2) is 42.6 Å². The van der Waals surface area contributed by atoms with Crippen molar-refractivity contribution < 1.29 is 14.6 Å². The summed E-state index contributed by atoms with van der Waals surface area (Å²) in [6, 6.07) is 12.6. The minimum Gasteiger partial charge on any atom is -0.489 e. The first-order valence-electron chi connectivity index (χ1n) is 11.1. The lowest BCUT2D eigenvalue weighted by atomic mass is 9.90. The third kappa shape index (κ3) is 4.61. The van der Waals surface area contributed by atoms with Gasteiger partial charge >= 0.3 is 0 Å². The normalized spacial score (nSPS) is 15.3. The van der Waals surface area contributed by atoms with E-state index >= 15 is 0 Å². The molecule has 1 aliphatic carbocycles. The van der Waals surface area contributed by atoms with Gasteiger partial charge in [-0.1, -0.05) is 49.6 Å². The third-order valence-electron chi connectivity index (χ3n) is 6.09. The number of hydrogen-bond acceptors (Lipinski definition) is 5. The molecular formula is C25H28N4O3. The number of nitriles is 1. The highest BCUT2D eigenvalue weighted by molar-refractivity contribution is 5.95. The highest BCUT2D eigenvalue weighted by Crippen LogP contribution is 2.28. The third-order valence-corrected chi connectivity index (χ3v) is 6.09. The van der Waals surface area contributed by atoms with Crippen LogP contribution < -0.4 is 10.1 Å². The number of rotatable bonds is 7. The molecule has 7 heteroatoms. The molecule has 1 saturated carbocycles. The number of imidazole rings is 1. The molecule has 1 fully saturated rings. The molecule has 1 amide bonds. The zero-order chi connectivity index (χ0) is 22.5. The molecule has 4 rings (SSSR count). The van der Waals surface area contributed by atoms with Gasteiger partial charge in [-0.15, -0.1) is 0 Å². The zero-order valence-corrected chi connectivity index (χ0v) is 18.3. The predicted octanol–water partition coefficient (Wildman–Crippen LogP) is 3.94. The topological polar surface area (TPSA) is 99.6 Å². The Kier molecular flexibility index (Phi) is 6.72. The van der Waals surface area contributed by atoms with Crippen molar-refractivity contribution >= 4 is 11.6 Å². The van der Waals surface area contributed by atoms with Crippen molar-refractivity contribution in [3.05, 3.63) is 65.1 Å². The number of benzene rings is 1. The summed E-state index contributed by atoms with van der Waals surface area (Å²) in [6.45, 7) is 2.11. The predicted molar refractivity (Wildman–Crippen MR) is 120 cm³/mol. The Morgan fingerprint density at radius 1 is 1.31 bits per heavy atom. The average Bonchev–Trinajstić information content (AvgIpc) is 3.17. The lowest BCUT2D eigenvalue weighted by molar-refractivity contribution is 0.0909. The van der Waals surface area contributed by atoms with Crippen LogP contribution in [0, 0.1) is 24.2 Å². The molecule has 0 spiro atoms. The highest BCUT2D eigenvalue weighted by Gasteiger charge is 2.23. The van der Waals surface area contributed by atoms with Crippen molar-refractivity contribution in [3.8, 4) is 11.8 Å². The molecule has 0 unspecified atom stereocenters. The lowest BCUT2D eigenvalue weighted by Crippen LogP contribution is -2.32. The van der Waals surface area contributed by atoms with Crippen LogP contribution in [0.2, 0.25) is 0 Å². The number of nitrogens with one attached hydrogen (secondary N) is 1. The van der Waals surface area contributed by atoms with Crippen LogP contribution in [-0.2, 0) is 0 Å². The number of carbonyl (C=O) groups is 1. The van der Waals surface area contributed by atoms with Gasteiger partial charge in [0, 0.05) is 12.3 Å². The summed E-state index contributed by atoms with van der Waals surface area (Å²) in [6.07, 6.45) is 7.63. The molecule has 7 nitrogen and oxygen atoms in total. The fourth-order valence-corrected chi connectivity index (χ4v) is 4.38. The van der Waals surface area contributed by atoms with E-state index in [1.165, 1.54) is 19.3 Å². The van der Waals surface area contributed by atoms with Gasteiger partial charge < -0.3 is 15.2 Å². The second-order valence-corrected chi connectivity index (χ2v) is 8.38. The molecule has 3 aromatic rings. The van der Waals surface area contributed by atoms with Crippen molar-refractivity contribution in [2.45, 2.75) is 45.1 Å². The molecule has 2 heterocycles. The molecule has 0 aliphatic heterocycles. The summed E-state index contributed by atoms with van der Waals surface area (Å²) in [4.78, 5) is 17.8. The van der Waals surface area contributed by atoms with Gasteiger partial charge in [-0.2, -0.15) is 5.26 Å². The molecule has 2 N–H and O–H groups in total. The maximum Gasteiger partial charge on any atom is 0.270 e. The van der Waals surface area contributed by atoms with Crippen LogP contribution in [0.4, 0.5) is 0 Å². The van der Waals surface area contributed by atoms with Gasteiger partial charge in [0.25, 0.3) is 5.91 Å². The van der Waals surface area contributed by atoms with Crippen LogP contribution in [0.3, 0.4) is 0 Å². The Morgan fingerprint density at radius 2 is 2.06 bits per heavy atom. The summed E-state index contributed by atoms with van der Waals surface area (Å²) in [5, 5.41) is 22.2. The maximum atomic E-state index is 13.2. The van der Waals surface area contributed by atoms with E-state index in [0.717, 1.165) is 18.4 Å². The number of aryl methyl sites for hydroxylation is 1. The van der Waals surface area contributed by atoms with E-state index in [1.807, 2.05) is 30.3 Å². The van der Waals surface area contributed by atoms with Crippen LogP contribution in [-0.4, -0.2) is 33.6 Å². The second-order valence-electron chi connectivity index (χ2n) is 8.38. The standard InChI is InChI=1S/C25H28N4O3/c1-17-23(25(31)28-21(15-30)20-10-6-3-7-11-20)29-14-19(13-26)12-22(24(29)27-17)32-16-18-8-4-2-5-9-18/h3,6-7,10-12,14,18,21,30H,2,4-5,8-9,15-16H2,1H3,(H,28,31)/t21-/m0/s1. The van der Waals surface area contributed by atoms with E-state index in [1.54, 1.807) is 23.6 Å². The summed E-state index contributed by atoms with van der Waals surface area (Å²) in [7, 11) is 0. The summed E-state index contributed by atoms with van der Waals surface area (Å²) >= 11 is 0. The van der Waals surface area contributed by atoms with Gasteiger partial charge in [0.15, 0.2) is 11.4 Å². The van der Waals surface area contributed by atoms with Gasteiger partial charge in [0.2, 0.25) is 0 Å². The number of fused-ring (bicyclic) bond motifs is 1. The number of amides is 1. The number of aliphatic hydroxyl groups excluding tert-OH is 1. The number of carbonyl (C=O) groups excluding carboxylic acids is 1. The molecule has 0 saturated heterocycles. The van der Waals surface area contributed by atoms with Gasteiger partial charge in [-0.05, 0) is 31.2 Å². The van der Waals surface area contributed by atoms with E-state index in [2.05, 4.69) is 16.4 Å². The molecule has 166 valence electrons. The Morgan fingerprint density at radius 3 is 2.75 bits per heavy atom. The molecule has 1 aromatic carbocycles. The molecule has 0 radical (unpaired) electrons. The Hall–Kier alpha value is -3.37. The highest BCUT2D eigenvalue weighted by atomic mass is 16.5. The van der Waals surface area contributed by atoms with E-state index in [-0.39, 0.29) is 12.5 Å². The van der Waals surface area contributed by atoms with Crippen molar-refractivity contribution in [3.63, 3.8) is 0 Å². The van der Waals surface area contributed by atoms with Gasteiger partial charge in [-0.3, -0.25) is 9.20 Å². The van der Waals surface area contributed by atoms with E-state index in [4.69, 9.17) is 4.74 Å². The number of hydrogen-bond donors (Lipinski definition) is 2. The van der Waals surface area contributed by atoms with E-state index in [9.17, 15) is 15.2 Å². The zero-order valence-electron chi connectivity index (χ0n) is 18.3. The quantitative estimate of drug-likeness (QED) is 0.589. The monoisotopic (exact) mass is 432 g/mol. The van der Waals surface area contributed by atoms with Gasteiger partial charge in [0.05, 0.1) is 30.5 Å². The molecular weight excluding hydrogens is 404 g/mol. The van der Waals surface area contributed by atoms with E-state index in [0.29, 0.717) is 40.9 Å². The van der Waals surface area contributed by atoms with Crippen LogP contribution >= 0.6 is 0 Å². The molecule has 1 atom stereocenters. The van der Waals surface area contributed by atoms with Gasteiger partial charge in [0.1, 0.15) is 11.8 Å². The van der Waals surface area contributed by atoms with Crippen LogP contribution in [0.1, 0.15) is 65.5 Å². The van der Waals surface area contributed by atoms with Crippen LogP contribution in [0.5, 0.6) is 5.75 Å². The van der Waals surface area contributed by atoms with Crippen molar-refractivity contribution in [2.75, 3.05) is 13.2 Å². The maximum absolute atomic E-state index is 13.2. The fourth-order valence-electron chi connectivity index (χ4n) is 4.38. The average molecular weight is 433 g/mol. The number of pyridine rings is 1. The minimum absolute atomic E-state index is 0.231. The SMILES string of the molecule is Cc1nc2c(OCC3CCCCC3)cc(C#N)cn2c1C(=O)N[C@@H](CO)c1ccccc1. The first-order valence-corrected chi connectivity index (χ1v) is 11.1. The Balaban J connectivity index is 1.63. The van der Waals surface area contributed by atoms with Crippen molar-refractivity contribution in [1.29, 1.82) is 5.26 Å². The Labute approximate surface area is 187 Å². The first-order chi connectivity index (χ1) is 15.6. The number of nitrogens with zero attached hydrogens (tertiary/aromatic N) is 3. The van der Waals surface area contributed by atoms with E-state index < -0.39 is 6.04 Å². The molecule has 0 bridgehead atoms. The molecule has 32 heavy (non-hydrogen) atoms. The molecule has 1 aliphatic rings. The summed E-state index contributed by atoms with van der Waals surface area (Å²) in [5.41, 5.74) is 2.58. The number of aliphatic hydroxyl groups is 1. The number of ether oxygens (including phenoxy) is 1. The lowest BCUT2D eigenvalue weighted by Gasteiger charge is -2.21. The Bertz CT molecular complexity index is 1130. The summed E-state index contributed by atoms with van der Waals surface area (Å²) < 4.78 is 7.74. The minimum atomic E-state index is -0.546. The molecule has 2 aromatic heterocycles. The van der Waals surface area contributed by atoms with Gasteiger partial charge in [-0.25, -0.2) is 4.98 Å². The van der Waals surface area contributed by atoms with Crippen LogP contribution in [0.25, 0.3) is 5.65 Å². The number of aromatic nitrogens is 2. The second kappa shape index (κ2) is 9.84. The first kappa shape index (κ1) is 21.8. The largest absolute Gasteiger partial charge is 0.489 e. The summed E-state index contributed by atoms with van der Waals surface area (Å²) in [5.74, 6) is 0.648. The van der Waals surface area contributed by atoms with Crippen molar-refractivity contribution in [2.24, 2.45) is 5.92 Å².